The van der Waals surface area contributed by atoms with Crippen molar-refractivity contribution in [1.29, 1.82) is 0 Å². The fourth-order valence-electron chi connectivity index (χ4n) is 3.72. The number of carbonyl (C=O) groups is 2. The molecule has 2 aromatic heterocycles. The average Bonchev–Trinajstić information content (AvgIpc) is 3.28. The summed E-state index contributed by atoms with van der Waals surface area (Å²) >= 11 is 0. The number of hydrogen-bond acceptors (Lipinski definition) is 6. The summed E-state index contributed by atoms with van der Waals surface area (Å²) in [5.74, 6) is -0.237. The molecule has 0 aliphatic carbocycles. The van der Waals surface area contributed by atoms with E-state index in [0.29, 0.717) is 19.6 Å². The van der Waals surface area contributed by atoms with Gasteiger partial charge in [0.1, 0.15) is 5.60 Å². The molecule has 1 aliphatic heterocycles. The van der Waals surface area contributed by atoms with Crippen molar-refractivity contribution in [3.63, 3.8) is 0 Å². The smallest absolute Gasteiger partial charge is 0.410 e. The number of hydrogen-bond donors (Lipinski definition) is 0. The summed E-state index contributed by atoms with van der Waals surface area (Å²) in [5, 5.41) is 8.26. The molecule has 1 fully saturated rings. The topological polar surface area (TPSA) is 93.5 Å². The van der Waals surface area contributed by atoms with Gasteiger partial charge in [-0.15, -0.1) is 5.10 Å². The van der Waals surface area contributed by atoms with Crippen molar-refractivity contribution in [1.82, 2.24) is 29.8 Å². The lowest BCUT2D eigenvalue weighted by molar-refractivity contribution is 0.00395. The van der Waals surface area contributed by atoms with Crippen molar-refractivity contribution in [3.8, 4) is 5.69 Å². The van der Waals surface area contributed by atoms with E-state index in [1.165, 1.54) is 0 Å². The van der Waals surface area contributed by atoms with Gasteiger partial charge in [-0.1, -0.05) is 22.9 Å². The number of rotatable bonds is 3. The Labute approximate surface area is 193 Å². The van der Waals surface area contributed by atoms with E-state index in [2.05, 4.69) is 15.3 Å². The molecular weight excluding hydrogens is 420 g/mol. The molecule has 33 heavy (non-hydrogen) atoms. The van der Waals surface area contributed by atoms with Crippen LogP contribution in [0.1, 0.15) is 48.4 Å². The second kappa shape index (κ2) is 9.01. The highest BCUT2D eigenvalue weighted by Crippen LogP contribution is 2.27. The molecule has 1 aliphatic rings. The normalized spacial score (nSPS) is 16.5. The number of benzene rings is 1. The molecule has 3 heterocycles. The predicted octanol–water partition coefficient (Wildman–Crippen LogP) is 3.40. The molecule has 9 heteroatoms. The van der Waals surface area contributed by atoms with Crippen LogP contribution in [0.3, 0.4) is 0 Å². The van der Waals surface area contributed by atoms with Gasteiger partial charge in [0.25, 0.3) is 5.91 Å². The van der Waals surface area contributed by atoms with Gasteiger partial charge in [0, 0.05) is 32.0 Å². The van der Waals surface area contributed by atoms with E-state index in [4.69, 9.17) is 4.74 Å². The van der Waals surface area contributed by atoms with Crippen LogP contribution in [-0.2, 0) is 4.74 Å². The molecule has 2 amide bonds. The van der Waals surface area contributed by atoms with Crippen LogP contribution < -0.4 is 0 Å². The Morgan fingerprint density at radius 3 is 2.39 bits per heavy atom. The molecule has 4 rings (SSSR count). The maximum Gasteiger partial charge on any atom is 0.410 e. The Kier molecular flexibility index (Phi) is 6.13. The number of amides is 2. The number of aromatic nitrogens is 4. The lowest BCUT2D eigenvalue weighted by Crippen LogP contribution is -2.53. The van der Waals surface area contributed by atoms with Gasteiger partial charge in [-0.2, -0.15) is 0 Å². The quantitative estimate of drug-likeness (QED) is 0.610. The van der Waals surface area contributed by atoms with Crippen LogP contribution in [0.4, 0.5) is 4.79 Å². The molecule has 1 saturated heterocycles. The van der Waals surface area contributed by atoms with Gasteiger partial charge in [-0.05, 0) is 57.5 Å². The summed E-state index contributed by atoms with van der Waals surface area (Å²) < 4.78 is 7.14. The van der Waals surface area contributed by atoms with Crippen molar-refractivity contribution < 1.29 is 14.3 Å². The Bertz CT molecular complexity index is 1120. The first-order chi connectivity index (χ1) is 15.7. The second-order valence-corrected chi connectivity index (χ2v) is 9.11. The minimum atomic E-state index is -0.593. The number of pyridine rings is 1. The van der Waals surface area contributed by atoms with E-state index in [1.807, 2.05) is 64.1 Å². The SMILES string of the molecule is Cc1ccc(-n2cc(C(=O)N3CCN(C(=O)OC(C)(C)C)C[C@@H]3c3ccncc3)nn2)cc1. The van der Waals surface area contributed by atoms with Crippen LogP contribution in [-0.4, -0.2) is 67.0 Å². The molecule has 0 saturated carbocycles. The van der Waals surface area contributed by atoms with Gasteiger partial charge in [0.05, 0.1) is 17.9 Å². The third kappa shape index (κ3) is 5.19. The minimum absolute atomic E-state index is 0.237. The number of ether oxygens (including phenoxy) is 1. The maximum atomic E-state index is 13.4. The van der Waals surface area contributed by atoms with Crippen LogP contribution in [0.15, 0.2) is 55.0 Å². The molecule has 172 valence electrons. The molecule has 9 nitrogen and oxygen atoms in total. The molecule has 0 unspecified atom stereocenters. The van der Waals surface area contributed by atoms with Crippen LogP contribution in [0.5, 0.6) is 0 Å². The van der Waals surface area contributed by atoms with Crippen molar-refractivity contribution >= 4 is 12.0 Å². The third-order valence-corrected chi connectivity index (χ3v) is 5.39. The zero-order valence-corrected chi connectivity index (χ0v) is 19.3. The second-order valence-electron chi connectivity index (χ2n) is 9.11. The molecule has 1 aromatic carbocycles. The van der Waals surface area contributed by atoms with Gasteiger partial charge >= 0.3 is 6.09 Å². The molecule has 3 aromatic rings. The first kappa shape index (κ1) is 22.4. The Balaban J connectivity index is 1.57. The Hall–Kier alpha value is -3.75. The zero-order chi connectivity index (χ0) is 23.6. The van der Waals surface area contributed by atoms with Gasteiger partial charge < -0.3 is 14.5 Å². The summed E-state index contributed by atoms with van der Waals surface area (Å²) in [6.45, 7) is 8.55. The summed E-state index contributed by atoms with van der Waals surface area (Å²) in [6, 6.07) is 11.2. The summed E-state index contributed by atoms with van der Waals surface area (Å²) in [5.41, 5.74) is 2.51. The summed E-state index contributed by atoms with van der Waals surface area (Å²) in [4.78, 5) is 33.6. The largest absolute Gasteiger partial charge is 0.444 e. The summed E-state index contributed by atoms with van der Waals surface area (Å²) in [7, 11) is 0. The van der Waals surface area contributed by atoms with E-state index in [1.54, 1.807) is 33.1 Å². The number of aryl methyl sites for hydroxylation is 1. The highest BCUT2D eigenvalue weighted by molar-refractivity contribution is 5.92. The predicted molar refractivity (Wildman–Crippen MR) is 122 cm³/mol. The van der Waals surface area contributed by atoms with Crippen molar-refractivity contribution in [2.75, 3.05) is 19.6 Å². The molecule has 0 radical (unpaired) electrons. The fraction of sp³-hybridized carbons (Fsp3) is 0.375. The van der Waals surface area contributed by atoms with E-state index < -0.39 is 5.60 Å². The highest BCUT2D eigenvalue weighted by atomic mass is 16.6. The first-order valence-electron chi connectivity index (χ1n) is 10.9. The third-order valence-electron chi connectivity index (χ3n) is 5.39. The summed E-state index contributed by atoms with van der Waals surface area (Å²) in [6.07, 6.45) is 4.60. The molecule has 1 atom stereocenters. The van der Waals surface area contributed by atoms with Gasteiger partial charge in [0.2, 0.25) is 0 Å². The average molecular weight is 449 g/mol. The highest BCUT2D eigenvalue weighted by Gasteiger charge is 2.36. The molecule has 0 bridgehead atoms. The molecule has 0 spiro atoms. The molecular formula is C24H28N6O3. The standard InChI is InChI=1S/C24H28N6O3/c1-17-5-7-19(8-6-17)30-15-20(26-27-30)22(31)29-14-13-28(23(32)33-24(2,3)4)16-21(29)18-9-11-25-12-10-18/h5-12,15,21H,13-14,16H2,1-4H3/t21-/m1/s1. The van der Waals surface area contributed by atoms with Crippen LogP contribution >= 0.6 is 0 Å². The van der Waals surface area contributed by atoms with Crippen LogP contribution in [0.25, 0.3) is 5.69 Å². The Morgan fingerprint density at radius 1 is 1.03 bits per heavy atom. The first-order valence-corrected chi connectivity index (χ1v) is 10.9. The fourth-order valence-corrected chi connectivity index (χ4v) is 3.72. The van der Waals surface area contributed by atoms with Crippen molar-refractivity contribution in [3.05, 3.63) is 71.8 Å². The molecule has 0 N–H and O–H groups in total. The van der Waals surface area contributed by atoms with E-state index in [9.17, 15) is 9.59 Å². The number of carbonyl (C=O) groups excluding carboxylic acids is 2. The lowest BCUT2D eigenvalue weighted by Gasteiger charge is -2.41. The van der Waals surface area contributed by atoms with E-state index >= 15 is 0 Å². The maximum absolute atomic E-state index is 13.4. The Morgan fingerprint density at radius 2 is 1.73 bits per heavy atom. The van der Waals surface area contributed by atoms with Crippen LogP contribution in [0.2, 0.25) is 0 Å². The lowest BCUT2D eigenvalue weighted by atomic mass is 10.0. The number of piperazine rings is 1. The van der Waals surface area contributed by atoms with Gasteiger partial charge in [-0.3, -0.25) is 9.78 Å². The number of nitrogens with zero attached hydrogens (tertiary/aromatic N) is 6. The van der Waals surface area contributed by atoms with Gasteiger partial charge in [-0.25, -0.2) is 9.48 Å². The van der Waals surface area contributed by atoms with Crippen molar-refractivity contribution in [2.45, 2.75) is 39.3 Å². The minimum Gasteiger partial charge on any atom is -0.444 e. The van der Waals surface area contributed by atoms with E-state index in [-0.39, 0.29) is 23.7 Å². The van der Waals surface area contributed by atoms with E-state index in [0.717, 1.165) is 16.8 Å². The van der Waals surface area contributed by atoms with Crippen molar-refractivity contribution in [2.24, 2.45) is 0 Å². The van der Waals surface area contributed by atoms with Crippen LogP contribution in [0, 0.1) is 6.92 Å². The zero-order valence-electron chi connectivity index (χ0n) is 19.3. The monoisotopic (exact) mass is 448 g/mol. The van der Waals surface area contributed by atoms with Gasteiger partial charge in [0.15, 0.2) is 5.69 Å².